The molecule has 0 aliphatic carbocycles. The number of nitrogens with zero attached hydrogens (tertiary/aromatic N) is 2. The van der Waals surface area contributed by atoms with Crippen molar-refractivity contribution in [3.63, 3.8) is 0 Å². The molecule has 2 heterocycles. The molecule has 1 aromatic rings. The predicted molar refractivity (Wildman–Crippen MR) is 75.3 cm³/mol. The van der Waals surface area contributed by atoms with Crippen LogP contribution in [0, 0.1) is 0 Å². The van der Waals surface area contributed by atoms with E-state index in [1.165, 1.54) is 0 Å². The first-order valence-corrected chi connectivity index (χ1v) is 7.28. The van der Waals surface area contributed by atoms with Crippen molar-refractivity contribution < 1.29 is 14.4 Å². The lowest BCUT2D eigenvalue weighted by molar-refractivity contribution is -0.127. The second kappa shape index (κ2) is 5.01. The average molecular weight is 337 g/mol. The molecule has 104 valence electrons. The number of halogens is 1. The van der Waals surface area contributed by atoms with Gasteiger partial charge in [-0.05, 0) is 25.0 Å². The third-order valence-corrected chi connectivity index (χ3v) is 4.28. The number of Topliss-reactive ketones (excluding diaryl/α,β-unsaturated/α-hetero) is 1. The molecule has 2 aliphatic heterocycles. The fourth-order valence-electron chi connectivity index (χ4n) is 2.70. The van der Waals surface area contributed by atoms with Gasteiger partial charge in [0.05, 0.1) is 6.54 Å². The quantitative estimate of drug-likeness (QED) is 0.627. The Hall–Kier alpha value is -1.69. The van der Waals surface area contributed by atoms with Gasteiger partial charge in [-0.25, -0.2) is 4.79 Å². The summed E-state index contributed by atoms with van der Waals surface area (Å²) in [5.41, 5.74) is 0.501. The third kappa shape index (κ3) is 2.14. The lowest BCUT2D eigenvalue weighted by Gasteiger charge is -2.14. The number of urea groups is 1. The van der Waals surface area contributed by atoms with E-state index in [1.807, 2.05) is 0 Å². The van der Waals surface area contributed by atoms with Crippen LogP contribution in [-0.4, -0.2) is 46.7 Å². The summed E-state index contributed by atoms with van der Waals surface area (Å²) >= 11 is 3.30. The van der Waals surface area contributed by atoms with Gasteiger partial charge in [0.1, 0.15) is 6.04 Å². The van der Waals surface area contributed by atoms with Crippen molar-refractivity contribution in [2.45, 2.75) is 18.9 Å². The minimum atomic E-state index is -0.347. The maximum absolute atomic E-state index is 12.1. The van der Waals surface area contributed by atoms with Gasteiger partial charge in [-0.3, -0.25) is 14.5 Å². The molecule has 0 bridgehead atoms. The molecule has 0 N–H and O–H groups in total. The van der Waals surface area contributed by atoms with Crippen molar-refractivity contribution in [3.05, 3.63) is 34.3 Å². The molecule has 0 aromatic heterocycles. The maximum Gasteiger partial charge on any atom is 0.327 e. The van der Waals surface area contributed by atoms with Crippen LogP contribution in [0.2, 0.25) is 0 Å². The van der Waals surface area contributed by atoms with Crippen LogP contribution in [0.4, 0.5) is 4.79 Å². The molecule has 6 heteroatoms. The molecule has 3 amide bonds. The third-order valence-electron chi connectivity index (χ3n) is 3.75. The molecule has 3 rings (SSSR count). The lowest BCUT2D eigenvalue weighted by atomic mass is 10.1. The number of benzene rings is 1. The van der Waals surface area contributed by atoms with E-state index in [2.05, 4.69) is 15.9 Å². The molecule has 2 aliphatic rings. The van der Waals surface area contributed by atoms with E-state index in [9.17, 15) is 14.4 Å². The normalized spacial score (nSPS) is 21.6. The number of amides is 3. The number of carbonyl (C=O) groups excluding carboxylic acids is 3. The highest BCUT2D eigenvalue weighted by Crippen LogP contribution is 2.27. The predicted octanol–water partition coefficient (Wildman–Crippen LogP) is 2.06. The monoisotopic (exact) mass is 336 g/mol. The van der Waals surface area contributed by atoms with Crippen molar-refractivity contribution >= 4 is 33.7 Å². The standard InChI is InChI=1S/C14H13BrN2O3/c15-10-5-3-9(4-6-10)12(18)8-17-13(19)11-2-1-7-16(11)14(17)20/h3-6,11H,1-2,7-8H2/t11-/m0/s1. The van der Waals surface area contributed by atoms with Crippen molar-refractivity contribution in [3.8, 4) is 0 Å². The molecule has 1 aromatic carbocycles. The zero-order valence-electron chi connectivity index (χ0n) is 10.7. The Kier molecular flexibility index (Phi) is 3.33. The van der Waals surface area contributed by atoms with Gasteiger partial charge in [-0.2, -0.15) is 0 Å². The first-order valence-electron chi connectivity index (χ1n) is 6.48. The Balaban J connectivity index is 1.75. The van der Waals surface area contributed by atoms with Gasteiger partial charge in [-0.15, -0.1) is 0 Å². The fraction of sp³-hybridized carbons (Fsp3) is 0.357. The van der Waals surface area contributed by atoms with Gasteiger partial charge in [0.25, 0.3) is 5.91 Å². The Morgan fingerprint density at radius 3 is 2.60 bits per heavy atom. The van der Waals surface area contributed by atoms with Gasteiger partial charge in [-0.1, -0.05) is 28.1 Å². The summed E-state index contributed by atoms with van der Waals surface area (Å²) in [7, 11) is 0. The highest BCUT2D eigenvalue weighted by atomic mass is 79.9. The topological polar surface area (TPSA) is 57.7 Å². The zero-order valence-corrected chi connectivity index (χ0v) is 12.3. The molecule has 0 spiro atoms. The van der Waals surface area contributed by atoms with E-state index >= 15 is 0 Å². The number of imide groups is 1. The molecule has 5 nitrogen and oxygen atoms in total. The summed E-state index contributed by atoms with van der Waals surface area (Å²) < 4.78 is 0.878. The van der Waals surface area contributed by atoms with Crippen LogP contribution in [0.5, 0.6) is 0 Å². The summed E-state index contributed by atoms with van der Waals surface area (Å²) in [5, 5.41) is 0. The van der Waals surface area contributed by atoms with E-state index in [0.717, 1.165) is 15.8 Å². The molecule has 20 heavy (non-hydrogen) atoms. The van der Waals surface area contributed by atoms with E-state index < -0.39 is 0 Å². The Morgan fingerprint density at radius 1 is 1.25 bits per heavy atom. The van der Waals surface area contributed by atoms with Crippen molar-refractivity contribution in [2.24, 2.45) is 0 Å². The Bertz CT molecular complexity index is 563. The number of carbonyl (C=O) groups is 3. The lowest BCUT2D eigenvalue weighted by Crippen LogP contribution is -2.37. The van der Waals surface area contributed by atoms with Crippen LogP contribution in [-0.2, 0) is 4.79 Å². The number of hydrogen-bond acceptors (Lipinski definition) is 3. The van der Waals surface area contributed by atoms with E-state index in [-0.39, 0.29) is 30.3 Å². The molecule has 0 saturated carbocycles. The van der Waals surface area contributed by atoms with E-state index in [0.29, 0.717) is 18.5 Å². The minimum Gasteiger partial charge on any atom is -0.312 e. The van der Waals surface area contributed by atoms with Crippen LogP contribution in [0.3, 0.4) is 0 Å². The molecule has 0 unspecified atom stereocenters. The Labute approximate surface area is 124 Å². The van der Waals surface area contributed by atoms with Crippen LogP contribution < -0.4 is 0 Å². The number of hydrogen-bond donors (Lipinski definition) is 0. The van der Waals surface area contributed by atoms with Gasteiger partial charge in [0.2, 0.25) is 0 Å². The summed E-state index contributed by atoms with van der Waals surface area (Å²) in [5.74, 6) is -0.460. The number of rotatable bonds is 3. The summed E-state index contributed by atoms with van der Waals surface area (Å²) in [6.45, 7) is 0.435. The van der Waals surface area contributed by atoms with Crippen molar-refractivity contribution in [1.82, 2.24) is 9.80 Å². The average Bonchev–Trinajstić information content (AvgIpc) is 2.99. The summed E-state index contributed by atoms with van der Waals surface area (Å²) in [6, 6.07) is 6.21. The maximum atomic E-state index is 12.1. The zero-order chi connectivity index (χ0) is 14.3. The Morgan fingerprint density at radius 2 is 1.95 bits per heavy atom. The van der Waals surface area contributed by atoms with Crippen LogP contribution in [0.25, 0.3) is 0 Å². The highest BCUT2D eigenvalue weighted by molar-refractivity contribution is 9.10. The second-order valence-corrected chi connectivity index (χ2v) is 5.90. The summed E-state index contributed by atoms with van der Waals surface area (Å²) in [6.07, 6.45) is 1.56. The first kappa shape index (κ1) is 13.3. The molecular formula is C14H13BrN2O3. The van der Waals surface area contributed by atoms with E-state index in [4.69, 9.17) is 0 Å². The van der Waals surface area contributed by atoms with Crippen LogP contribution in [0.1, 0.15) is 23.2 Å². The smallest absolute Gasteiger partial charge is 0.312 e. The summed E-state index contributed by atoms with van der Waals surface area (Å²) in [4.78, 5) is 39.0. The molecule has 1 atom stereocenters. The van der Waals surface area contributed by atoms with Crippen LogP contribution in [0.15, 0.2) is 28.7 Å². The fourth-order valence-corrected chi connectivity index (χ4v) is 2.96. The van der Waals surface area contributed by atoms with Gasteiger partial charge in [0, 0.05) is 16.6 Å². The van der Waals surface area contributed by atoms with E-state index in [1.54, 1.807) is 29.2 Å². The number of ketones is 1. The van der Waals surface area contributed by atoms with Gasteiger partial charge >= 0.3 is 6.03 Å². The molecule has 2 fully saturated rings. The largest absolute Gasteiger partial charge is 0.327 e. The molecule has 2 saturated heterocycles. The van der Waals surface area contributed by atoms with Crippen molar-refractivity contribution in [2.75, 3.05) is 13.1 Å². The molecule has 0 radical (unpaired) electrons. The minimum absolute atomic E-state index is 0.174. The van der Waals surface area contributed by atoms with Crippen LogP contribution >= 0.6 is 15.9 Å². The SMILES string of the molecule is O=C(CN1C(=O)[C@@H]2CCCN2C1=O)c1ccc(Br)cc1. The molecular weight excluding hydrogens is 324 g/mol. The number of fused-ring (bicyclic) bond motifs is 1. The van der Waals surface area contributed by atoms with Gasteiger partial charge < -0.3 is 4.90 Å². The van der Waals surface area contributed by atoms with Gasteiger partial charge in [0.15, 0.2) is 5.78 Å². The van der Waals surface area contributed by atoms with Crippen molar-refractivity contribution in [1.29, 1.82) is 0 Å². The highest BCUT2D eigenvalue weighted by Gasteiger charge is 2.47. The first-order chi connectivity index (χ1) is 9.58. The second-order valence-electron chi connectivity index (χ2n) is 4.99.